The summed E-state index contributed by atoms with van der Waals surface area (Å²) >= 11 is 3.54. The minimum absolute atomic E-state index is 0.827. The van der Waals surface area contributed by atoms with Crippen LogP contribution in [0.15, 0.2) is 0 Å². The minimum atomic E-state index is 0.827. The van der Waals surface area contributed by atoms with Gasteiger partial charge in [0.1, 0.15) is 0 Å². The molecule has 1 fully saturated rings. The molecular formula is C12H24BrNO. The molecule has 0 aromatic heterocycles. The van der Waals surface area contributed by atoms with Crippen LogP contribution in [0.4, 0.5) is 0 Å². The second-order valence-electron chi connectivity index (χ2n) is 4.28. The van der Waals surface area contributed by atoms with Gasteiger partial charge >= 0.3 is 0 Å². The van der Waals surface area contributed by atoms with Gasteiger partial charge in [-0.2, -0.15) is 0 Å². The van der Waals surface area contributed by atoms with E-state index in [1.807, 2.05) is 0 Å². The molecule has 0 unspecified atom stereocenters. The van der Waals surface area contributed by atoms with E-state index >= 15 is 0 Å². The first-order valence-corrected chi connectivity index (χ1v) is 7.38. The second-order valence-corrected chi connectivity index (χ2v) is 5.07. The predicted molar refractivity (Wildman–Crippen MR) is 68.7 cm³/mol. The summed E-state index contributed by atoms with van der Waals surface area (Å²) in [5, 5.41) is 1.08. The summed E-state index contributed by atoms with van der Waals surface area (Å²) in [5.41, 5.74) is 0. The van der Waals surface area contributed by atoms with E-state index in [0.717, 1.165) is 37.6 Å². The first-order valence-electron chi connectivity index (χ1n) is 6.26. The molecule has 1 saturated carbocycles. The van der Waals surface area contributed by atoms with E-state index in [2.05, 4.69) is 27.8 Å². The summed E-state index contributed by atoms with van der Waals surface area (Å²) in [7, 11) is 0. The molecule has 0 heterocycles. The molecule has 0 amide bonds. The topological polar surface area (TPSA) is 12.5 Å². The minimum Gasteiger partial charge on any atom is -0.380 e. The summed E-state index contributed by atoms with van der Waals surface area (Å²) in [6, 6.07) is 0.827. The molecule has 1 rings (SSSR count). The third kappa shape index (κ3) is 5.32. The van der Waals surface area contributed by atoms with Crippen LogP contribution in [0.1, 0.15) is 39.0 Å². The molecule has 15 heavy (non-hydrogen) atoms. The molecule has 0 N–H and O–H groups in total. The average molecular weight is 278 g/mol. The van der Waals surface area contributed by atoms with Crippen molar-refractivity contribution >= 4 is 15.9 Å². The first kappa shape index (κ1) is 13.5. The lowest BCUT2D eigenvalue weighted by Gasteiger charge is -2.27. The van der Waals surface area contributed by atoms with Crippen LogP contribution in [0.5, 0.6) is 0 Å². The quantitative estimate of drug-likeness (QED) is 0.500. The van der Waals surface area contributed by atoms with Gasteiger partial charge in [0.15, 0.2) is 0 Å². The number of hydrogen-bond donors (Lipinski definition) is 0. The Morgan fingerprint density at radius 3 is 2.53 bits per heavy atom. The Labute approximate surface area is 102 Å². The number of nitrogens with zero attached hydrogens (tertiary/aromatic N) is 1. The molecule has 0 aromatic rings. The standard InChI is InChI=1S/C12H24BrNO/c1-2-10-15-11-9-14(8-7-13)12-5-3-4-6-12/h12H,2-11H2,1H3. The van der Waals surface area contributed by atoms with Crippen molar-refractivity contribution in [3.8, 4) is 0 Å². The molecule has 2 nitrogen and oxygen atoms in total. The van der Waals surface area contributed by atoms with Gasteiger partial charge in [0, 0.05) is 31.1 Å². The van der Waals surface area contributed by atoms with E-state index in [0.29, 0.717) is 0 Å². The molecule has 1 aliphatic rings. The van der Waals surface area contributed by atoms with Gasteiger partial charge in [0.25, 0.3) is 0 Å². The Bertz CT molecular complexity index is 149. The van der Waals surface area contributed by atoms with E-state index in [1.165, 1.54) is 32.2 Å². The highest BCUT2D eigenvalue weighted by Crippen LogP contribution is 2.23. The number of alkyl halides is 1. The van der Waals surface area contributed by atoms with Crippen LogP contribution >= 0.6 is 15.9 Å². The first-order chi connectivity index (χ1) is 7.38. The molecule has 0 saturated heterocycles. The highest BCUT2D eigenvalue weighted by Gasteiger charge is 2.21. The highest BCUT2D eigenvalue weighted by molar-refractivity contribution is 9.09. The van der Waals surface area contributed by atoms with Gasteiger partial charge in [-0.3, -0.25) is 4.90 Å². The van der Waals surface area contributed by atoms with Gasteiger partial charge in [-0.25, -0.2) is 0 Å². The Morgan fingerprint density at radius 1 is 1.20 bits per heavy atom. The van der Waals surface area contributed by atoms with Crippen molar-refractivity contribution in [2.45, 2.75) is 45.1 Å². The van der Waals surface area contributed by atoms with Crippen molar-refractivity contribution in [2.24, 2.45) is 0 Å². The van der Waals surface area contributed by atoms with Crippen LogP contribution in [0.3, 0.4) is 0 Å². The third-order valence-electron chi connectivity index (χ3n) is 3.08. The SMILES string of the molecule is CCCOCCN(CCBr)C1CCCC1. The van der Waals surface area contributed by atoms with E-state index in [4.69, 9.17) is 4.74 Å². The van der Waals surface area contributed by atoms with E-state index < -0.39 is 0 Å². The zero-order chi connectivity index (χ0) is 10.9. The second kappa shape index (κ2) is 8.54. The Hall–Kier alpha value is 0.400. The summed E-state index contributed by atoms with van der Waals surface area (Å²) in [4.78, 5) is 2.59. The lowest BCUT2D eigenvalue weighted by molar-refractivity contribution is 0.0908. The van der Waals surface area contributed by atoms with Crippen LogP contribution in [0, 0.1) is 0 Å². The summed E-state index contributed by atoms with van der Waals surface area (Å²) in [6.07, 6.45) is 6.74. The Morgan fingerprint density at radius 2 is 1.93 bits per heavy atom. The molecule has 0 aliphatic heterocycles. The third-order valence-corrected chi connectivity index (χ3v) is 3.44. The fourth-order valence-corrected chi connectivity index (χ4v) is 2.74. The van der Waals surface area contributed by atoms with Crippen LogP contribution in [0.2, 0.25) is 0 Å². The van der Waals surface area contributed by atoms with Crippen LogP contribution in [0.25, 0.3) is 0 Å². The molecule has 0 spiro atoms. The molecule has 0 radical (unpaired) electrons. The molecule has 90 valence electrons. The van der Waals surface area contributed by atoms with Gasteiger partial charge in [0.05, 0.1) is 6.61 Å². The van der Waals surface area contributed by atoms with E-state index in [1.54, 1.807) is 0 Å². The smallest absolute Gasteiger partial charge is 0.0593 e. The maximum Gasteiger partial charge on any atom is 0.0593 e. The van der Waals surface area contributed by atoms with Gasteiger partial charge in [-0.15, -0.1) is 0 Å². The summed E-state index contributed by atoms with van der Waals surface area (Å²) in [6.45, 7) is 6.24. The molecule has 0 bridgehead atoms. The molecule has 0 aromatic carbocycles. The maximum atomic E-state index is 5.56. The predicted octanol–water partition coefficient (Wildman–Crippen LogP) is 3.05. The average Bonchev–Trinajstić information content (AvgIpc) is 2.76. The van der Waals surface area contributed by atoms with Crippen LogP contribution < -0.4 is 0 Å². The normalized spacial score (nSPS) is 17.8. The lowest BCUT2D eigenvalue weighted by Crippen LogP contribution is -2.37. The number of hydrogen-bond acceptors (Lipinski definition) is 2. The van der Waals surface area contributed by atoms with Gasteiger partial charge < -0.3 is 4.74 Å². The molecule has 1 aliphatic carbocycles. The van der Waals surface area contributed by atoms with E-state index in [-0.39, 0.29) is 0 Å². The number of rotatable bonds is 8. The van der Waals surface area contributed by atoms with Crippen molar-refractivity contribution in [1.82, 2.24) is 4.90 Å². The Kier molecular flexibility index (Phi) is 7.67. The number of halogens is 1. The maximum absolute atomic E-state index is 5.56. The molecular weight excluding hydrogens is 254 g/mol. The van der Waals surface area contributed by atoms with Crippen LogP contribution in [-0.2, 0) is 4.74 Å². The fraction of sp³-hybridized carbons (Fsp3) is 1.00. The highest BCUT2D eigenvalue weighted by atomic mass is 79.9. The molecule has 3 heteroatoms. The van der Waals surface area contributed by atoms with Crippen LogP contribution in [-0.4, -0.2) is 42.6 Å². The monoisotopic (exact) mass is 277 g/mol. The summed E-state index contributed by atoms with van der Waals surface area (Å²) in [5.74, 6) is 0. The molecule has 0 atom stereocenters. The largest absolute Gasteiger partial charge is 0.380 e. The summed E-state index contributed by atoms with van der Waals surface area (Å²) < 4.78 is 5.56. The van der Waals surface area contributed by atoms with Crippen molar-refractivity contribution in [3.05, 3.63) is 0 Å². The van der Waals surface area contributed by atoms with Crippen molar-refractivity contribution in [2.75, 3.05) is 31.6 Å². The van der Waals surface area contributed by atoms with Gasteiger partial charge in [-0.05, 0) is 19.3 Å². The van der Waals surface area contributed by atoms with Crippen molar-refractivity contribution in [1.29, 1.82) is 0 Å². The van der Waals surface area contributed by atoms with Gasteiger partial charge in [0.2, 0.25) is 0 Å². The van der Waals surface area contributed by atoms with Gasteiger partial charge in [-0.1, -0.05) is 35.7 Å². The fourth-order valence-electron chi connectivity index (χ4n) is 2.28. The zero-order valence-electron chi connectivity index (χ0n) is 9.88. The van der Waals surface area contributed by atoms with E-state index in [9.17, 15) is 0 Å². The lowest BCUT2D eigenvalue weighted by atomic mass is 10.2. The number of ether oxygens (including phenoxy) is 1. The van der Waals surface area contributed by atoms with Crippen molar-refractivity contribution < 1.29 is 4.74 Å². The zero-order valence-corrected chi connectivity index (χ0v) is 11.5. The van der Waals surface area contributed by atoms with Crippen molar-refractivity contribution in [3.63, 3.8) is 0 Å². The Balaban J connectivity index is 2.17.